The van der Waals surface area contributed by atoms with E-state index >= 15 is 0 Å². The number of allylic oxidation sites excluding steroid dienone is 2. The fourth-order valence-corrected chi connectivity index (χ4v) is 2.88. The SMILES string of the molecule is COC1=CC(=O)c2c(c(Cn3ccccc3=O)c(C)n2C)C1=O. The summed E-state index contributed by atoms with van der Waals surface area (Å²) in [4.78, 5) is 36.9. The number of fused-ring (bicyclic) bond motifs is 1. The van der Waals surface area contributed by atoms with Gasteiger partial charge in [0, 0.05) is 36.6 Å². The quantitative estimate of drug-likeness (QED) is 0.860. The number of aromatic nitrogens is 2. The lowest BCUT2D eigenvalue weighted by Gasteiger charge is -2.13. The first-order valence-electron chi connectivity index (χ1n) is 7.14. The van der Waals surface area contributed by atoms with Gasteiger partial charge in [-0.25, -0.2) is 0 Å². The van der Waals surface area contributed by atoms with Crippen LogP contribution < -0.4 is 5.56 Å². The largest absolute Gasteiger partial charge is 0.492 e. The summed E-state index contributed by atoms with van der Waals surface area (Å²) < 4.78 is 8.22. The smallest absolute Gasteiger partial charge is 0.250 e. The van der Waals surface area contributed by atoms with Crippen molar-refractivity contribution in [1.82, 2.24) is 9.13 Å². The van der Waals surface area contributed by atoms with Crippen LogP contribution in [0.25, 0.3) is 0 Å². The number of rotatable bonds is 3. The first-order chi connectivity index (χ1) is 11.0. The van der Waals surface area contributed by atoms with Gasteiger partial charge in [0.05, 0.1) is 19.2 Å². The minimum absolute atomic E-state index is 0.0229. The molecule has 0 spiro atoms. The lowest BCUT2D eigenvalue weighted by Crippen LogP contribution is -2.22. The number of nitrogens with zero attached hydrogens (tertiary/aromatic N) is 2. The van der Waals surface area contributed by atoms with Crippen molar-refractivity contribution < 1.29 is 14.3 Å². The molecular formula is C17H16N2O4. The van der Waals surface area contributed by atoms with Gasteiger partial charge in [0.15, 0.2) is 5.76 Å². The standard InChI is InChI=1S/C17H16N2O4/c1-10-11(9-19-7-5-4-6-14(19)21)15-16(18(10)2)12(20)8-13(23-3)17(15)22/h4-8H,9H2,1-3H3. The lowest BCUT2D eigenvalue weighted by molar-refractivity contribution is 0.0913. The van der Waals surface area contributed by atoms with Gasteiger partial charge in [-0.05, 0) is 13.0 Å². The third-order valence-electron chi connectivity index (χ3n) is 4.21. The molecule has 0 amide bonds. The Morgan fingerprint density at radius 3 is 2.57 bits per heavy atom. The molecule has 2 aromatic heterocycles. The molecule has 0 fully saturated rings. The summed E-state index contributed by atoms with van der Waals surface area (Å²) in [5, 5.41) is 0. The van der Waals surface area contributed by atoms with E-state index in [2.05, 4.69) is 0 Å². The molecule has 0 aromatic carbocycles. The van der Waals surface area contributed by atoms with Crippen LogP contribution in [-0.4, -0.2) is 27.8 Å². The van der Waals surface area contributed by atoms with E-state index in [1.54, 1.807) is 29.9 Å². The number of hydrogen-bond acceptors (Lipinski definition) is 4. The second-order valence-electron chi connectivity index (χ2n) is 5.42. The van der Waals surface area contributed by atoms with Crippen molar-refractivity contribution in [3.05, 3.63) is 69.1 Å². The van der Waals surface area contributed by atoms with E-state index in [4.69, 9.17) is 4.74 Å². The Morgan fingerprint density at radius 2 is 1.91 bits per heavy atom. The summed E-state index contributed by atoms with van der Waals surface area (Å²) in [7, 11) is 3.10. The van der Waals surface area contributed by atoms with Crippen molar-refractivity contribution in [1.29, 1.82) is 0 Å². The molecule has 0 saturated heterocycles. The van der Waals surface area contributed by atoms with Gasteiger partial charge < -0.3 is 13.9 Å². The fourth-order valence-electron chi connectivity index (χ4n) is 2.88. The third kappa shape index (κ3) is 2.23. The molecule has 0 aliphatic heterocycles. The summed E-state index contributed by atoms with van der Waals surface area (Å²) in [5.41, 5.74) is 1.94. The Balaban J connectivity index is 2.20. The average Bonchev–Trinajstić information content (AvgIpc) is 2.78. The number of pyridine rings is 1. The van der Waals surface area contributed by atoms with Gasteiger partial charge >= 0.3 is 0 Å². The zero-order valence-corrected chi connectivity index (χ0v) is 13.1. The highest BCUT2D eigenvalue weighted by molar-refractivity contribution is 6.24. The van der Waals surface area contributed by atoms with E-state index in [9.17, 15) is 14.4 Å². The van der Waals surface area contributed by atoms with Crippen LogP contribution in [0, 0.1) is 6.92 Å². The van der Waals surface area contributed by atoms with E-state index < -0.39 is 0 Å². The molecule has 0 N–H and O–H groups in total. The van der Waals surface area contributed by atoms with Crippen LogP contribution in [0.3, 0.4) is 0 Å². The number of carbonyl (C=O) groups is 2. The fraction of sp³-hybridized carbons (Fsp3) is 0.235. The van der Waals surface area contributed by atoms with Gasteiger partial charge in [0.2, 0.25) is 11.6 Å². The van der Waals surface area contributed by atoms with Crippen molar-refractivity contribution in [3.63, 3.8) is 0 Å². The highest BCUT2D eigenvalue weighted by Gasteiger charge is 2.34. The second kappa shape index (κ2) is 5.39. The molecule has 0 bridgehead atoms. The Kier molecular flexibility index (Phi) is 3.52. The number of ketones is 2. The molecule has 0 unspecified atom stereocenters. The van der Waals surface area contributed by atoms with E-state index in [1.165, 1.54) is 23.8 Å². The number of methoxy groups -OCH3 is 1. The zero-order chi connectivity index (χ0) is 16.7. The van der Waals surface area contributed by atoms with Crippen LogP contribution in [0.15, 0.2) is 41.0 Å². The van der Waals surface area contributed by atoms with E-state index in [0.29, 0.717) is 16.8 Å². The highest BCUT2D eigenvalue weighted by atomic mass is 16.5. The van der Waals surface area contributed by atoms with Crippen LogP contribution in [0.1, 0.15) is 32.1 Å². The monoisotopic (exact) mass is 312 g/mol. The molecule has 3 rings (SSSR count). The van der Waals surface area contributed by atoms with E-state index in [-0.39, 0.29) is 29.4 Å². The third-order valence-corrected chi connectivity index (χ3v) is 4.21. The van der Waals surface area contributed by atoms with Crippen LogP contribution in [0.2, 0.25) is 0 Å². The maximum Gasteiger partial charge on any atom is 0.250 e. The molecule has 2 heterocycles. The molecule has 6 heteroatoms. The van der Waals surface area contributed by atoms with Crippen molar-refractivity contribution in [2.24, 2.45) is 7.05 Å². The Labute approximate surface area is 132 Å². The van der Waals surface area contributed by atoms with Crippen molar-refractivity contribution in [2.45, 2.75) is 13.5 Å². The lowest BCUT2D eigenvalue weighted by atomic mass is 9.96. The number of carbonyl (C=O) groups excluding carboxylic acids is 2. The summed E-state index contributed by atoms with van der Waals surface area (Å²) in [6.45, 7) is 2.05. The first-order valence-corrected chi connectivity index (χ1v) is 7.14. The Morgan fingerprint density at radius 1 is 1.17 bits per heavy atom. The molecule has 23 heavy (non-hydrogen) atoms. The van der Waals surface area contributed by atoms with E-state index in [0.717, 1.165) is 5.69 Å². The van der Waals surface area contributed by atoms with Crippen LogP contribution in [0.5, 0.6) is 0 Å². The summed E-state index contributed by atoms with van der Waals surface area (Å²) in [5.74, 6) is -0.576. The molecule has 0 radical (unpaired) electrons. The molecule has 0 saturated carbocycles. The number of ether oxygens (including phenoxy) is 1. The average molecular weight is 312 g/mol. The van der Waals surface area contributed by atoms with Crippen molar-refractivity contribution >= 4 is 11.6 Å². The van der Waals surface area contributed by atoms with Gasteiger partial charge in [0.1, 0.15) is 5.69 Å². The Hall–Kier alpha value is -2.89. The van der Waals surface area contributed by atoms with Crippen LogP contribution in [-0.2, 0) is 18.3 Å². The van der Waals surface area contributed by atoms with Crippen LogP contribution in [0.4, 0.5) is 0 Å². The predicted molar refractivity (Wildman–Crippen MR) is 83.7 cm³/mol. The van der Waals surface area contributed by atoms with Crippen molar-refractivity contribution in [2.75, 3.05) is 7.11 Å². The van der Waals surface area contributed by atoms with Gasteiger partial charge in [-0.15, -0.1) is 0 Å². The van der Waals surface area contributed by atoms with Gasteiger partial charge in [-0.1, -0.05) is 6.07 Å². The maximum atomic E-state index is 12.6. The molecular weight excluding hydrogens is 296 g/mol. The molecule has 1 aliphatic rings. The van der Waals surface area contributed by atoms with E-state index in [1.807, 2.05) is 6.92 Å². The van der Waals surface area contributed by atoms with Crippen LogP contribution >= 0.6 is 0 Å². The zero-order valence-electron chi connectivity index (χ0n) is 13.1. The molecule has 2 aromatic rings. The highest BCUT2D eigenvalue weighted by Crippen LogP contribution is 2.29. The summed E-state index contributed by atoms with van der Waals surface area (Å²) in [6, 6.07) is 4.87. The molecule has 1 aliphatic carbocycles. The summed E-state index contributed by atoms with van der Waals surface area (Å²) >= 11 is 0. The predicted octanol–water partition coefficient (Wildman–Crippen LogP) is 1.45. The maximum absolute atomic E-state index is 12.6. The van der Waals surface area contributed by atoms with Gasteiger partial charge in [0.25, 0.3) is 5.56 Å². The van der Waals surface area contributed by atoms with Gasteiger partial charge in [-0.2, -0.15) is 0 Å². The minimum Gasteiger partial charge on any atom is -0.492 e. The summed E-state index contributed by atoms with van der Waals surface area (Å²) in [6.07, 6.45) is 2.87. The normalized spacial score (nSPS) is 13.8. The van der Waals surface area contributed by atoms with Gasteiger partial charge in [-0.3, -0.25) is 14.4 Å². The molecule has 118 valence electrons. The molecule has 6 nitrogen and oxygen atoms in total. The topological polar surface area (TPSA) is 70.3 Å². The molecule has 0 atom stereocenters. The second-order valence-corrected chi connectivity index (χ2v) is 5.42. The Bertz CT molecular complexity index is 915. The number of Topliss-reactive ketones (excluding diaryl/α,β-unsaturated/α-hetero) is 1. The minimum atomic E-state index is -0.329. The number of hydrogen-bond donors (Lipinski definition) is 0. The first kappa shape index (κ1) is 15.0. The van der Waals surface area contributed by atoms with Crippen molar-refractivity contribution in [3.8, 4) is 0 Å².